The number of methoxy groups -OCH3 is 1. The Bertz CT molecular complexity index is 960. The van der Waals surface area contributed by atoms with Gasteiger partial charge in [0.15, 0.2) is 0 Å². The van der Waals surface area contributed by atoms with Gasteiger partial charge in [-0.15, -0.1) is 0 Å². The van der Waals surface area contributed by atoms with E-state index in [0.717, 1.165) is 29.1 Å². The molecular formula is C22H25N3O3. The first-order valence-electron chi connectivity index (χ1n) is 9.25. The molecule has 0 bridgehead atoms. The molecule has 0 aromatic heterocycles. The van der Waals surface area contributed by atoms with Crippen LogP contribution >= 0.6 is 0 Å². The second-order valence-corrected chi connectivity index (χ2v) is 7.37. The van der Waals surface area contributed by atoms with Gasteiger partial charge in [0.1, 0.15) is 5.75 Å². The number of allylic oxidation sites excluding steroid dienone is 1. The Morgan fingerprint density at radius 3 is 2.50 bits per heavy atom. The van der Waals surface area contributed by atoms with Crippen molar-refractivity contribution in [2.75, 3.05) is 18.6 Å². The molecule has 1 aliphatic rings. The highest BCUT2D eigenvalue weighted by atomic mass is 16.6. The third-order valence-electron chi connectivity index (χ3n) is 5.06. The molecule has 0 saturated carbocycles. The molecule has 146 valence electrons. The molecule has 28 heavy (non-hydrogen) atoms. The van der Waals surface area contributed by atoms with Gasteiger partial charge in [0.2, 0.25) is 0 Å². The second-order valence-electron chi connectivity index (χ2n) is 7.37. The van der Waals surface area contributed by atoms with Crippen LogP contribution < -0.4 is 9.64 Å². The van der Waals surface area contributed by atoms with Crippen LogP contribution in [0.15, 0.2) is 47.5 Å². The van der Waals surface area contributed by atoms with Gasteiger partial charge >= 0.3 is 0 Å². The van der Waals surface area contributed by atoms with Crippen molar-refractivity contribution in [1.29, 1.82) is 0 Å². The summed E-state index contributed by atoms with van der Waals surface area (Å²) in [6, 6.07) is 10.3. The number of nitrogens with zero attached hydrogens (tertiary/aromatic N) is 3. The Hall–Kier alpha value is -3.15. The van der Waals surface area contributed by atoms with Gasteiger partial charge in [-0.3, -0.25) is 15.1 Å². The standard InChI is InChI=1S/C22H25N3O3/c1-6-24-20-12-21(28-5)16(11-19(20)15(2)13-22(24,3)4)14-23-17-7-9-18(10-8-17)25(26)27/h7-14H,6H2,1-5H3. The smallest absolute Gasteiger partial charge is 0.269 e. The lowest BCUT2D eigenvalue weighted by molar-refractivity contribution is -0.384. The fraction of sp³-hybridized carbons (Fsp3) is 0.318. The number of anilines is 1. The van der Waals surface area contributed by atoms with Crippen LogP contribution in [0.5, 0.6) is 5.75 Å². The number of hydrogen-bond acceptors (Lipinski definition) is 5. The summed E-state index contributed by atoms with van der Waals surface area (Å²) in [6.07, 6.45) is 4.02. The summed E-state index contributed by atoms with van der Waals surface area (Å²) < 4.78 is 5.62. The number of fused-ring (bicyclic) bond motifs is 1. The van der Waals surface area contributed by atoms with E-state index in [1.807, 2.05) is 0 Å². The molecule has 1 aliphatic heterocycles. The predicted octanol–water partition coefficient (Wildman–Crippen LogP) is 5.38. The highest BCUT2D eigenvalue weighted by Gasteiger charge is 2.31. The van der Waals surface area contributed by atoms with Crippen molar-refractivity contribution in [3.8, 4) is 5.75 Å². The molecule has 0 spiro atoms. The SMILES string of the molecule is CCN1c2cc(OC)c(C=Nc3ccc([N+](=O)[O-])cc3)cc2C(C)=CC1(C)C. The summed E-state index contributed by atoms with van der Waals surface area (Å²) in [4.78, 5) is 17.2. The molecular weight excluding hydrogens is 354 g/mol. The zero-order valence-electron chi connectivity index (χ0n) is 16.9. The molecule has 2 aromatic rings. The highest BCUT2D eigenvalue weighted by molar-refractivity contribution is 5.92. The molecule has 0 amide bonds. The number of rotatable bonds is 5. The molecule has 0 saturated heterocycles. The van der Waals surface area contributed by atoms with Gasteiger partial charge in [0.25, 0.3) is 5.69 Å². The Morgan fingerprint density at radius 2 is 1.93 bits per heavy atom. The summed E-state index contributed by atoms with van der Waals surface area (Å²) in [5, 5.41) is 10.8. The van der Waals surface area contributed by atoms with E-state index < -0.39 is 4.92 Å². The fourth-order valence-corrected chi connectivity index (χ4v) is 3.78. The quantitative estimate of drug-likeness (QED) is 0.397. The van der Waals surface area contributed by atoms with Gasteiger partial charge in [0, 0.05) is 47.8 Å². The van der Waals surface area contributed by atoms with Gasteiger partial charge in [-0.05, 0) is 51.5 Å². The van der Waals surface area contributed by atoms with Crippen LogP contribution in [0.1, 0.15) is 38.8 Å². The number of nitro benzene ring substituents is 1. The molecule has 1 heterocycles. The zero-order valence-corrected chi connectivity index (χ0v) is 16.9. The zero-order chi connectivity index (χ0) is 20.5. The maximum Gasteiger partial charge on any atom is 0.269 e. The van der Waals surface area contributed by atoms with Crippen molar-refractivity contribution < 1.29 is 9.66 Å². The molecule has 0 N–H and O–H groups in total. The first-order valence-corrected chi connectivity index (χ1v) is 9.25. The van der Waals surface area contributed by atoms with Crippen molar-refractivity contribution in [3.63, 3.8) is 0 Å². The third-order valence-corrected chi connectivity index (χ3v) is 5.06. The summed E-state index contributed by atoms with van der Waals surface area (Å²) >= 11 is 0. The summed E-state index contributed by atoms with van der Waals surface area (Å²) in [5.74, 6) is 0.744. The summed E-state index contributed by atoms with van der Waals surface area (Å²) in [6.45, 7) is 9.58. The van der Waals surface area contributed by atoms with Gasteiger partial charge in [-0.25, -0.2) is 0 Å². The topological polar surface area (TPSA) is 68.0 Å². The minimum Gasteiger partial charge on any atom is -0.496 e. The molecule has 0 atom stereocenters. The third kappa shape index (κ3) is 3.63. The molecule has 6 heteroatoms. The Balaban J connectivity index is 2.01. The number of hydrogen-bond donors (Lipinski definition) is 0. The Morgan fingerprint density at radius 1 is 1.25 bits per heavy atom. The first kappa shape index (κ1) is 19.6. The average Bonchev–Trinajstić information content (AvgIpc) is 2.65. The van der Waals surface area contributed by atoms with E-state index in [1.165, 1.54) is 17.7 Å². The van der Waals surface area contributed by atoms with Crippen molar-refractivity contribution in [3.05, 3.63) is 63.7 Å². The maximum atomic E-state index is 10.8. The van der Waals surface area contributed by atoms with Crippen LogP contribution in [0.2, 0.25) is 0 Å². The van der Waals surface area contributed by atoms with E-state index in [0.29, 0.717) is 5.69 Å². The van der Waals surface area contributed by atoms with Gasteiger partial charge in [-0.2, -0.15) is 0 Å². The minimum absolute atomic E-state index is 0.0494. The minimum atomic E-state index is -0.421. The molecule has 6 nitrogen and oxygen atoms in total. The molecule has 2 aromatic carbocycles. The number of ether oxygens (including phenoxy) is 1. The van der Waals surface area contributed by atoms with E-state index in [4.69, 9.17) is 4.74 Å². The lowest BCUT2D eigenvalue weighted by Gasteiger charge is -2.43. The number of non-ortho nitro benzene ring substituents is 1. The van der Waals surface area contributed by atoms with Gasteiger partial charge in [0.05, 0.1) is 23.3 Å². The number of nitro groups is 1. The maximum absolute atomic E-state index is 10.8. The van der Waals surface area contributed by atoms with Crippen LogP contribution in [0.3, 0.4) is 0 Å². The molecule has 0 unspecified atom stereocenters. The first-order chi connectivity index (χ1) is 13.3. The second kappa shape index (κ2) is 7.46. The Kier molecular flexibility index (Phi) is 5.23. The highest BCUT2D eigenvalue weighted by Crippen LogP contribution is 2.41. The largest absolute Gasteiger partial charge is 0.496 e. The van der Waals surface area contributed by atoms with E-state index in [1.54, 1.807) is 25.5 Å². The molecule has 0 fully saturated rings. The average molecular weight is 379 g/mol. The van der Waals surface area contributed by atoms with Crippen molar-refractivity contribution >= 4 is 28.8 Å². The fourth-order valence-electron chi connectivity index (χ4n) is 3.78. The predicted molar refractivity (Wildman–Crippen MR) is 114 cm³/mol. The van der Waals surface area contributed by atoms with Crippen LogP contribution in [0.25, 0.3) is 5.57 Å². The van der Waals surface area contributed by atoms with Crippen LogP contribution in [0.4, 0.5) is 17.1 Å². The van der Waals surface area contributed by atoms with Gasteiger partial charge in [-0.1, -0.05) is 6.08 Å². The monoisotopic (exact) mass is 379 g/mol. The number of likely N-dealkylation sites (N-methyl/N-ethyl adjacent to an activating group) is 1. The Labute approximate surface area is 165 Å². The van der Waals surface area contributed by atoms with Crippen molar-refractivity contribution in [2.45, 2.75) is 33.2 Å². The van der Waals surface area contributed by atoms with Crippen molar-refractivity contribution in [2.24, 2.45) is 4.99 Å². The lowest BCUT2D eigenvalue weighted by atomic mass is 9.88. The molecule has 0 radical (unpaired) electrons. The normalized spacial score (nSPS) is 15.3. The van der Waals surface area contributed by atoms with E-state index in [2.05, 4.69) is 55.8 Å². The summed E-state index contributed by atoms with van der Waals surface area (Å²) in [7, 11) is 1.65. The summed E-state index contributed by atoms with van der Waals surface area (Å²) in [5.41, 5.74) is 5.03. The number of benzene rings is 2. The van der Waals surface area contributed by atoms with E-state index >= 15 is 0 Å². The van der Waals surface area contributed by atoms with Crippen molar-refractivity contribution in [1.82, 2.24) is 0 Å². The lowest BCUT2D eigenvalue weighted by Crippen LogP contribution is -2.44. The van der Waals surface area contributed by atoms with Gasteiger partial charge < -0.3 is 9.64 Å². The molecule has 3 rings (SSSR count). The van der Waals surface area contributed by atoms with E-state index in [-0.39, 0.29) is 11.2 Å². The molecule has 0 aliphatic carbocycles. The van der Waals surface area contributed by atoms with Crippen LogP contribution in [0, 0.1) is 10.1 Å². The number of aliphatic imine (C=N–C) groups is 1. The van der Waals surface area contributed by atoms with Crippen LogP contribution in [-0.2, 0) is 0 Å². The van der Waals surface area contributed by atoms with E-state index in [9.17, 15) is 10.1 Å². The van der Waals surface area contributed by atoms with Crippen LogP contribution in [-0.4, -0.2) is 30.3 Å².